The Morgan fingerprint density at radius 1 is 0.577 bits per heavy atom. The molecule has 3 heterocycles. The highest BCUT2D eigenvalue weighted by molar-refractivity contribution is 7.20. The fourth-order valence-corrected chi connectivity index (χ4v) is 15.2. The van der Waals surface area contributed by atoms with Crippen molar-refractivity contribution >= 4 is 75.1 Å². The topological polar surface area (TPSA) is 31.5 Å². The second kappa shape index (κ2) is 11.5. The van der Waals surface area contributed by atoms with Crippen molar-refractivity contribution in [3.05, 3.63) is 175 Å². The molecule has 0 N–H and O–H groups in total. The monoisotopic (exact) mass is 712 g/mol. The largest absolute Gasteiger partial charge is 0.458 e. The first kappa shape index (κ1) is 22.8. The lowest BCUT2D eigenvalue weighted by atomic mass is 10.2. The van der Waals surface area contributed by atoms with E-state index in [9.17, 15) is 0 Å². The first-order valence-electron chi connectivity index (χ1n) is 21.7. The Kier molecular flexibility index (Phi) is 5.05. The van der Waals surface area contributed by atoms with Crippen molar-refractivity contribution in [2.24, 2.45) is 0 Å². The molecule has 0 saturated heterocycles. The quantitative estimate of drug-likeness (QED) is 0.142. The molecule has 0 bridgehead atoms. The summed E-state index contributed by atoms with van der Waals surface area (Å²) in [6, 6.07) is 53.8. The van der Waals surface area contributed by atoms with Crippen molar-refractivity contribution in [1.82, 2.24) is 14.0 Å². The van der Waals surface area contributed by atoms with E-state index in [-0.39, 0.29) is 27.4 Å². The van der Waals surface area contributed by atoms with E-state index in [1.54, 1.807) is 48.5 Å². The van der Waals surface area contributed by atoms with E-state index in [2.05, 4.69) is 36.4 Å². The maximum Gasteiger partial charge on any atom is 0.220 e. The van der Waals surface area contributed by atoms with Crippen molar-refractivity contribution in [3.8, 4) is 17.2 Å². The highest BCUT2D eigenvalue weighted by atomic mass is 28.3. The third-order valence-electron chi connectivity index (χ3n) is 10.5. The fourth-order valence-electron chi connectivity index (χ4n) is 8.24. The maximum atomic E-state index is 9.05. The van der Waals surface area contributed by atoms with Gasteiger partial charge in [-0.3, -0.25) is 8.97 Å². The zero-order valence-corrected chi connectivity index (χ0v) is 29.9. The van der Waals surface area contributed by atoms with Gasteiger partial charge in [-0.2, -0.15) is 0 Å². The summed E-state index contributed by atoms with van der Waals surface area (Å²) in [5.74, 6) is 1.10. The number of imidazole rings is 2. The standard InChI is InChI=1S/C46H37N3OSi2/c1-32-16-14-23-39-44(32)47-46-48(37-21-10-11-22-38(37)49(39)46)33-28-30-36(31-29-33)52(34-17-6-4-7-18-34,35-19-8-5-9-20-35)43-27-15-26-42-45(43)50-40-24-12-13-25-41(40)51(42,2)3/h4-31H,1-3H3/i1D3,2D3,3D3. The lowest BCUT2D eigenvalue weighted by Gasteiger charge is -2.40. The van der Waals surface area contributed by atoms with Gasteiger partial charge >= 0.3 is 0 Å². The molecule has 250 valence electrons. The molecule has 0 atom stereocenters. The fraction of sp³-hybridized carbons (Fsp3) is 0.0652. The first-order chi connectivity index (χ1) is 29.2. The van der Waals surface area contributed by atoms with Crippen LogP contribution in [0.15, 0.2) is 170 Å². The van der Waals surface area contributed by atoms with Gasteiger partial charge in [-0.05, 0) is 79.9 Å². The summed E-state index contributed by atoms with van der Waals surface area (Å²) >= 11 is 0. The summed E-state index contributed by atoms with van der Waals surface area (Å²) in [5.41, 5.74) is 3.83. The van der Waals surface area contributed by atoms with Crippen LogP contribution < -0.4 is 35.9 Å². The van der Waals surface area contributed by atoms with Crippen LogP contribution in [0.25, 0.3) is 33.5 Å². The van der Waals surface area contributed by atoms with Gasteiger partial charge in [0.25, 0.3) is 0 Å². The van der Waals surface area contributed by atoms with Crippen LogP contribution in [-0.4, -0.2) is 30.1 Å². The molecule has 0 fully saturated rings. The van der Waals surface area contributed by atoms with Crippen molar-refractivity contribution in [1.29, 1.82) is 0 Å². The van der Waals surface area contributed by atoms with Gasteiger partial charge in [0.05, 0.1) is 22.1 Å². The number of rotatable bonds is 5. The van der Waals surface area contributed by atoms with E-state index in [1.165, 1.54) is 0 Å². The molecule has 0 unspecified atom stereocenters. The Balaban J connectivity index is 1.27. The number of nitrogens with zero attached hydrogens (tertiary/aromatic N) is 3. The van der Waals surface area contributed by atoms with Gasteiger partial charge in [0.2, 0.25) is 5.78 Å². The Bertz CT molecular complexity index is 3090. The Hall–Kier alpha value is -5.96. The number of benzene rings is 7. The summed E-state index contributed by atoms with van der Waals surface area (Å²) in [7, 11) is -8.13. The van der Waals surface area contributed by atoms with E-state index >= 15 is 0 Å². The van der Waals surface area contributed by atoms with E-state index in [1.807, 2.05) is 93.9 Å². The molecular formula is C46H37N3OSi2. The summed E-state index contributed by atoms with van der Waals surface area (Å²) in [4.78, 5) is 5.00. The molecule has 1 aliphatic heterocycles. The number of hydrogen-bond donors (Lipinski definition) is 0. The highest BCUT2D eigenvalue weighted by Crippen LogP contribution is 2.32. The second-order valence-electron chi connectivity index (χ2n) is 13.3. The zero-order valence-electron chi connectivity index (χ0n) is 36.9. The SMILES string of the molecule is [2H]C([2H])([2H])c1cccc2c1nc1n(-c3ccc([Si](c4ccccc4)(c4ccccc4)c4cccc5c4Oc4ccccc4[Si]5(C([2H])([2H])[2H])C([2H])([2H])[2H])cc3)c3ccccc3n21. The van der Waals surface area contributed by atoms with E-state index < -0.39 is 35.9 Å². The predicted octanol–water partition coefficient (Wildman–Crippen LogP) is 7.05. The lowest BCUT2D eigenvalue weighted by Crippen LogP contribution is -2.75. The van der Waals surface area contributed by atoms with Gasteiger partial charge in [0.1, 0.15) is 19.6 Å². The minimum atomic E-state index is -4.62. The van der Waals surface area contributed by atoms with Crippen molar-refractivity contribution in [3.63, 3.8) is 0 Å². The summed E-state index contributed by atoms with van der Waals surface area (Å²) in [6.07, 6.45) is 0. The number of hydrogen-bond acceptors (Lipinski definition) is 2. The first-order valence-corrected chi connectivity index (χ1v) is 21.2. The Morgan fingerprint density at radius 2 is 1.19 bits per heavy atom. The molecule has 0 spiro atoms. The van der Waals surface area contributed by atoms with Crippen LogP contribution in [0, 0.1) is 6.85 Å². The van der Waals surface area contributed by atoms with Gasteiger partial charge < -0.3 is 4.74 Å². The van der Waals surface area contributed by atoms with Crippen LogP contribution in [-0.2, 0) is 0 Å². The second-order valence-corrected chi connectivity index (χ2v) is 19.7. The lowest BCUT2D eigenvalue weighted by molar-refractivity contribution is 0.490. The molecule has 9 aromatic rings. The summed E-state index contributed by atoms with van der Waals surface area (Å²) < 4.78 is 90.0. The van der Waals surface area contributed by atoms with Crippen LogP contribution in [0.3, 0.4) is 0 Å². The molecule has 0 aliphatic carbocycles. The molecular weight excluding hydrogens is 667 g/mol. The van der Waals surface area contributed by atoms with E-state index in [0.29, 0.717) is 16.8 Å². The Morgan fingerprint density at radius 3 is 1.92 bits per heavy atom. The molecule has 2 aromatic heterocycles. The van der Waals surface area contributed by atoms with Gasteiger partial charge in [-0.1, -0.05) is 146 Å². The van der Waals surface area contributed by atoms with E-state index in [4.69, 9.17) is 22.1 Å². The molecule has 1 aliphatic rings. The molecule has 0 radical (unpaired) electrons. The van der Waals surface area contributed by atoms with Crippen molar-refractivity contribution < 1.29 is 17.1 Å². The minimum Gasteiger partial charge on any atom is -0.458 e. The molecule has 0 amide bonds. The molecule has 10 rings (SSSR count). The predicted molar refractivity (Wildman–Crippen MR) is 221 cm³/mol. The van der Waals surface area contributed by atoms with Crippen molar-refractivity contribution in [2.45, 2.75) is 19.8 Å². The number of aryl methyl sites for hydroxylation is 1. The van der Waals surface area contributed by atoms with Crippen LogP contribution in [0.4, 0.5) is 0 Å². The third kappa shape index (κ3) is 4.28. The normalized spacial score (nSPS) is 16.9. The van der Waals surface area contributed by atoms with Gasteiger partial charge in [-0.15, -0.1) is 0 Å². The zero-order chi connectivity index (χ0) is 42.5. The van der Waals surface area contributed by atoms with Crippen LogP contribution in [0.5, 0.6) is 11.5 Å². The average Bonchev–Trinajstić information content (AvgIpc) is 3.78. The average molecular weight is 713 g/mol. The van der Waals surface area contributed by atoms with Crippen LogP contribution in [0.2, 0.25) is 13.0 Å². The Labute approximate surface area is 317 Å². The number of aromatic nitrogens is 3. The molecule has 52 heavy (non-hydrogen) atoms. The minimum absolute atomic E-state index is 0.182. The van der Waals surface area contributed by atoms with Gasteiger partial charge in [-0.25, -0.2) is 4.98 Å². The number of para-hydroxylation sites is 5. The molecule has 0 saturated carbocycles. The molecule has 4 nitrogen and oxygen atoms in total. The highest BCUT2D eigenvalue weighted by Gasteiger charge is 2.47. The number of ether oxygens (including phenoxy) is 1. The van der Waals surface area contributed by atoms with Crippen LogP contribution in [0.1, 0.15) is 17.9 Å². The summed E-state index contributed by atoms with van der Waals surface area (Å²) in [6.45, 7) is -8.07. The summed E-state index contributed by atoms with van der Waals surface area (Å²) in [5, 5.41) is 4.13. The van der Waals surface area contributed by atoms with Gasteiger partial charge in [0.15, 0.2) is 8.07 Å². The number of fused-ring (bicyclic) bond motifs is 7. The smallest absolute Gasteiger partial charge is 0.220 e. The third-order valence-corrected chi connectivity index (χ3v) is 17.8. The maximum absolute atomic E-state index is 9.05. The van der Waals surface area contributed by atoms with Crippen molar-refractivity contribution in [2.75, 3.05) is 0 Å². The van der Waals surface area contributed by atoms with Crippen LogP contribution >= 0.6 is 0 Å². The van der Waals surface area contributed by atoms with E-state index in [0.717, 1.165) is 37.5 Å². The molecule has 6 heteroatoms. The van der Waals surface area contributed by atoms with Gasteiger partial charge in [0, 0.05) is 18.0 Å². The molecule has 7 aromatic carbocycles.